The van der Waals surface area contributed by atoms with Crippen molar-refractivity contribution in [1.29, 1.82) is 0 Å². The predicted octanol–water partition coefficient (Wildman–Crippen LogP) is 1.62. The van der Waals surface area contributed by atoms with Crippen LogP contribution in [-0.2, 0) is 9.47 Å². The summed E-state index contributed by atoms with van der Waals surface area (Å²) in [6, 6.07) is 6.79. The molecule has 0 amide bonds. The van der Waals surface area contributed by atoms with Crippen molar-refractivity contribution in [3.63, 3.8) is 0 Å². The lowest BCUT2D eigenvalue weighted by Crippen LogP contribution is -2.10. The number of hydrogen-bond acceptors (Lipinski definition) is 6. The highest BCUT2D eigenvalue weighted by Gasteiger charge is 2.17. The van der Waals surface area contributed by atoms with E-state index in [1.54, 1.807) is 38.1 Å². The molecule has 0 radical (unpaired) electrons. The molecule has 0 fully saturated rings. The Kier molecular flexibility index (Phi) is 4.65. The van der Waals surface area contributed by atoms with Gasteiger partial charge in [-0.3, -0.25) is 0 Å². The fourth-order valence-corrected chi connectivity index (χ4v) is 1.73. The zero-order valence-electron chi connectivity index (χ0n) is 11.8. The van der Waals surface area contributed by atoms with Crippen molar-refractivity contribution in [2.75, 3.05) is 13.2 Å². The fourth-order valence-electron chi connectivity index (χ4n) is 1.73. The van der Waals surface area contributed by atoms with Crippen LogP contribution >= 0.6 is 0 Å². The first kappa shape index (κ1) is 14.7. The second-order valence-corrected chi connectivity index (χ2v) is 4.01. The molecule has 2 aromatic rings. The van der Waals surface area contributed by atoms with Gasteiger partial charge in [0.2, 0.25) is 0 Å². The van der Waals surface area contributed by atoms with E-state index >= 15 is 0 Å². The maximum absolute atomic E-state index is 11.9. The molecule has 0 aliphatic rings. The summed E-state index contributed by atoms with van der Waals surface area (Å²) in [4.78, 5) is 23.5. The summed E-state index contributed by atoms with van der Waals surface area (Å²) in [5, 5.41) is 7.59. The van der Waals surface area contributed by atoms with Gasteiger partial charge in [0, 0.05) is 0 Å². The van der Waals surface area contributed by atoms with Crippen molar-refractivity contribution in [2.24, 2.45) is 0 Å². The number of benzene rings is 1. The summed E-state index contributed by atoms with van der Waals surface area (Å²) in [6.07, 6.45) is 1.41. The number of rotatable bonds is 5. The van der Waals surface area contributed by atoms with E-state index in [0.717, 1.165) is 0 Å². The fraction of sp³-hybridized carbons (Fsp3) is 0.286. The van der Waals surface area contributed by atoms with Crippen molar-refractivity contribution < 1.29 is 19.1 Å². The van der Waals surface area contributed by atoms with E-state index in [1.807, 2.05) is 0 Å². The average Bonchev–Trinajstić information content (AvgIpc) is 2.97. The molecule has 21 heavy (non-hydrogen) atoms. The molecule has 1 aromatic heterocycles. The normalized spacial score (nSPS) is 10.2. The number of para-hydroxylation sites is 1. The van der Waals surface area contributed by atoms with E-state index in [9.17, 15) is 9.59 Å². The predicted molar refractivity (Wildman–Crippen MR) is 73.3 cm³/mol. The van der Waals surface area contributed by atoms with Gasteiger partial charge < -0.3 is 9.47 Å². The molecule has 0 saturated heterocycles. The van der Waals surface area contributed by atoms with Gasteiger partial charge >= 0.3 is 11.9 Å². The summed E-state index contributed by atoms with van der Waals surface area (Å²) < 4.78 is 11.2. The number of esters is 2. The monoisotopic (exact) mass is 289 g/mol. The average molecular weight is 289 g/mol. The van der Waals surface area contributed by atoms with Crippen LogP contribution in [0.1, 0.15) is 34.7 Å². The van der Waals surface area contributed by atoms with Gasteiger partial charge in [0.15, 0.2) is 5.69 Å². The smallest absolute Gasteiger partial charge is 0.360 e. The van der Waals surface area contributed by atoms with E-state index in [2.05, 4.69) is 10.3 Å². The summed E-state index contributed by atoms with van der Waals surface area (Å²) in [6.45, 7) is 3.97. The molecule has 2 rings (SSSR count). The Labute approximate surface area is 121 Å². The minimum absolute atomic E-state index is 0.0792. The Morgan fingerprint density at radius 1 is 1.10 bits per heavy atom. The molecule has 1 heterocycles. The van der Waals surface area contributed by atoms with Crippen LogP contribution in [0.4, 0.5) is 0 Å². The van der Waals surface area contributed by atoms with Crippen LogP contribution in [0.3, 0.4) is 0 Å². The first-order chi connectivity index (χ1) is 10.2. The van der Waals surface area contributed by atoms with Crippen LogP contribution in [0, 0.1) is 0 Å². The highest BCUT2D eigenvalue weighted by Crippen LogP contribution is 2.15. The van der Waals surface area contributed by atoms with E-state index < -0.39 is 11.9 Å². The molecular formula is C14H15N3O4. The van der Waals surface area contributed by atoms with Gasteiger partial charge in [-0.25, -0.2) is 14.3 Å². The molecule has 0 aliphatic heterocycles. The zero-order chi connectivity index (χ0) is 15.2. The van der Waals surface area contributed by atoms with Crippen LogP contribution in [0.25, 0.3) is 5.69 Å². The number of carbonyl (C=O) groups is 2. The van der Waals surface area contributed by atoms with E-state index in [0.29, 0.717) is 11.3 Å². The minimum atomic E-state index is -0.558. The molecule has 0 bridgehead atoms. The number of aromatic nitrogens is 3. The molecule has 0 aliphatic carbocycles. The molecule has 110 valence electrons. The van der Waals surface area contributed by atoms with Gasteiger partial charge in [-0.15, -0.1) is 5.10 Å². The maximum Gasteiger partial charge on any atom is 0.360 e. The zero-order valence-corrected chi connectivity index (χ0v) is 11.8. The van der Waals surface area contributed by atoms with Crippen LogP contribution in [0.2, 0.25) is 0 Å². The molecule has 7 heteroatoms. The highest BCUT2D eigenvalue weighted by molar-refractivity contribution is 5.93. The van der Waals surface area contributed by atoms with Crippen LogP contribution in [0.15, 0.2) is 30.5 Å². The molecule has 0 atom stereocenters. The molecular weight excluding hydrogens is 274 g/mol. The standard InChI is InChI=1S/C14H15N3O4/c1-3-20-13(18)10-7-5-6-8-12(10)17-9-11(15-16-17)14(19)21-4-2/h5-9H,3-4H2,1-2H3. The lowest BCUT2D eigenvalue weighted by atomic mass is 10.2. The maximum atomic E-state index is 11.9. The lowest BCUT2D eigenvalue weighted by Gasteiger charge is -2.07. The Balaban J connectivity index is 2.34. The summed E-state index contributed by atoms with van der Waals surface area (Å²) in [5.41, 5.74) is 0.911. The third kappa shape index (κ3) is 3.25. The number of nitrogens with zero attached hydrogens (tertiary/aromatic N) is 3. The SMILES string of the molecule is CCOC(=O)c1cn(-c2ccccc2C(=O)OCC)nn1. The number of carbonyl (C=O) groups excluding carboxylic acids is 2. The third-order valence-corrected chi connectivity index (χ3v) is 2.62. The Hall–Kier alpha value is -2.70. The van der Waals surface area contributed by atoms with Crippen molar-refractivity contribution in [3.05, 3.63) is 41.7 Å². The first-order valence-electron chi connectivity index (χ1n) is 6.53. The van der Waals surface area contributed by atoms with Gasteiger partial charge in [0.25, 0.3) is 0 Å². The van der Waals surface area contributed by atoms with Gasteiger partial charge in [-0.2, -0.15) is 0 Å². The molecule has 0 unspecified atom stereocenters. The lowest BCUT2D eigenvalue weighted by molar-refractivity contribution is 0.0513. The number of hydrogen-bond donors (Lipinski definition) is 0. The molecule has 0 N–H and O–H groups in total. The molecule has 0 spiro atoms. The topological polar surface area (TPSA) is 83.3 Å². The highest BCUT2D eigenvalue weighted by atomic mass is 16.5. The molecule has 0 saturated carbocycles. The second-order valence-electron chi connectivity index (χ2n) is 4.01. The Morgan fingerprint density at radius 2 is 1.76 bits per heavy atom. The van der Waals surface area contributed by atoms with Gasteiger partial charge in [0.05, 0.1) is 30.7 Å². The molecule has 7 nitrogen and oxygen atoms in total. The molecule has 1 aromatic carbocycles. The van der Waals surface area contributed by atoms with Crippen molar-refractivity contribution >= 4 is 11.9 Å². The number of ether oxygens (including phenoxy) is 2. The van der Waals surface area contributed by atoms with E-state index in [4.69, 9.17) is 9.47 Å². The quantitative estimate of drug-likeness (QED) is 0.778. The first-order valence-corrected chi connectivity index (χ1v) is 6.53. The van der Waals surface area contributed by atoms with Crippen molar-refractivity contribution in [1.82, 2.24) is 15.0 Å². The van der Waals surface area contributed by atoms with Gasteiger partial charge in [-0.05, 0) is 26.0 Å². The summed E-state index contributed by atoms with van der Waals surface area (Å²) in [7, 11) is 0. The van der Waals surface area contributed by atoms with E-state index in [1.165, 1.54) is 10.9 Å². The van der Waals surface area contributed by atoms with Crippen LogP contribution < -0.4 is 0 Å². The summed E-state index contributed by atoms with van der Waals surface area (Å²) >= 11 is 0. The Bertz CT molecular complexity index is 651. The Morgan fingerprint density at radius 3 is 2.48 bits per heavy atom. The van der Waals surface area contributed by atoms with Gasteiger partial charge in [-0.1, -0.05) is 17.3 Å². The van der Waals surface area contributed by atoms with Crippen LogP contribution in [0.5, 0.6) is 0 Å². The second kappa shape index (κ2) is 6.65. The van der Waals surface area contributed by atoms with Gasteiger partial charge in [0.1, 0.15) is 0 Å². The van der Waals surface area contributed by atoms with E-state index in [-0.39, 0.29) is 18.9 Å². The van der Waals surface area contributed by atoms with Crippen LogP contribution in [-0.4, -0.2) is 40.1 Å². The third-order valence-electron chi connectivity index (χ3n) is 2.62. The largest absolute Gasteiger partial charge is 0.462 e. The van der Waals surface area contributed by atoms with Crippen molar-refractivity contribution in [3.8, 4) is 5.69 Å². The van der Waals surface area contributed by atoms with Crippen molar-refractivity contribution in [2.45, 2.75) is 13.8 Å². The minimum Gasteiger partial charge on any atom is -0.462 e. The summed E-state index contributed by atoms with van der Waals surface area (Å²) in [5.74, 6) is -1.02.